The van der Waals surface area contributed by atoms with Crippen LogP contribution in [0.1, 0.15) is 20.7 Å². The quantitative estimate of drug-likeness (QED) is 0.678. The Labute approximate surface area is 156 Å². The molecule has 0 saturated carbocycles. The average Bonchev–Trinajstić information content (AvgIpc) is 2.71. The third kappa shape index (κ3) is 4.17. The van der Waals surface area contributed by atoms with Gasteiger partial charge in [-0.05, 0) is 24.3 Å². The summed E-state index contributed by atoms with van der Waals surface area (Å²) in [6.45, 7) is 0. The maximum atomic E-state index is 13.0. The van der Waals surface area contributed by atoms with E-state index in [4.69, 9.17) is 4.74 Å². The van der Waals surface area contributed by atoms with E-state index in [-0.39, 0.29) is 27.7 Å². The highest BCUT2D eigenvalue weighted by atomic mass is 32.2. The molecule has 0 aliphatic rings. The minimum absolute atomic E-state index is 0.0949. The molecule has 27 heavy (non-hydrogen) atoms. The molecule has 2 rings (SSSR count). The second-order valence-electron chi connectivity index (χ2n) is 5.24. The molecule has 2 aromatic rings. The summed E-state index contributed by atoms with van der Waals surface area (Å²) in [6, 6.07) is 8.05. The summed E-state index contributed by atoms with van der Waals surface area (Å²) < 4.78 is 41.1. The van der Waals surface area contributed by atoms with Crippen LogP contribution in [0.2, 0.25) is 0 Å². The van der Waals surface area contributed by atoms with Crippen LogP contribution in [-0.2, 0) is 19.5 Å². The van der Waals surface area contributed by atoms with Crippen LogP contribution in [0.5, 0.6) is 5.88 Å². The number of nitrogens with zero attached hydrogens (tertiary/aromatic N) is 2. The number of carbonyl (C=O) groups excluding carboxylic acids is 2. The molecule has 0 saturated heterocycles. The van der Waals surface area contributed by atoms with Crippen molar-refractivity contribution >= 4 is 27.8 Å². The monoisotopic (exact) mass is 394 g/mol. The Hall–Kier alpha value is -3.14. The first-order valence-electron chi connectivity index (χ1n) is 7.56. The van der Waals surface area contributed by atoms with Crippen molar-refractivity contribution in [2.75, 3.05) is 32.7 Å². The smallest absolute Gasteiger partial charge is 0.337 e. The van der Waals surface area contributed by atoms with Gasteiger partial charge in [0.25, 0.3) is 10.0 Å². The van der Waals surface area contributed by atoms with E-state index in [1.165, 1.54) is 26.3 Å². The number of pyridine rings is 1. The molecule has 144 valence electrons. The topological polar surface area (TPSA) is 112 Å². The lowest BCUT2D eigenvalue weighted by Gasteiger charge is -2.19. The van der Waals surface area contributed by atoms with Crippen molar-refractivity contribution in [2.45, 2.75) is 4.90 Å². The number of esters is 2. The molecular weight excluding hydrogens is 376 g/mol. The van der Waals surface area contributed by atoms with E-state index in [9.17, 15) is 18.0 Å². The molecule has 0 aliphatic heterocycles. The van der Waals surface area contributed by atoms with Crippen LogP contribution in [0.3, 0.4) is 0 Å². The Morgan fingerprint density at radius 2 is 1.52 bits per heavy atom. The maximum absolute atomic E-state index is 13.0. The lowest BCUT2D eigenvalue weighted by molar-refractivity contribution is 0.0598. The van der Waals surface area contributed by atoms with Crippen molar-refractivity contribution in [2.24, 2.45) is 0 Å². The van der Waals surface area contributed by atoms with Gasteiger partial charge >= 0.3 is 11.9 Å². The van der Waals surface area contributed by atoms with Gasteiger partial charge in [-0.3, -0.25) is 4.31 Å². The van der Waals surface area contributed by atoms with Crippen molar-refractivity contribution in [3.8, 4) is 5.88 Å². The summed E-state index contributed by atoms with van der Waals surface area (Å²) >= 11 is 0. The van der Waals surface area contributed by atoms with Gasteiger partial charge in [0.2, 0.25) is 5.88 Å². The van der Waals surface area contributed by atoms with Crippen LogP contribution in [0.15, 0.2) is 41.3 Å². The second-order valence-corrected chi connectivity index (χ2v) is 7.21. The minimum Gasteiger partial charge on any atom is -0.481 e. The molecule has 0 aliphatic carbocycles. The van der Waals surface area contributed by atoms with Gasteiger partial charge in [-0.1, -0.05) is 6.07 Å². The SMILES string of the molecule is COC(=O)c1cc(C(=O)OC)cc(S(=O)(=O)N(C)c2cccc(OC)n2)c1. The molecule has 0 spiro atoms. The fourth-order valence-corrected chi connectivity index (χ4v) is 3.41. The Balaban J connectivity index is 2.59. The zero-order valence-electron chi connectivity index (χ0n) is 15.1. The number of hydrogen-bond acceptors (Lipinski definition) is 8. The van der Waals surface area contributed by atoms with E-state index in [1.54, 1.807) is 12.1 Å². The highest BCUT2D eigenvalue weighted by molar-refractivity contribution is 7.92. The van der Waals surface area contributed by atoms with E-state index >= 15 is 0 Å². The molecule has 0 amide bonds. The third-order valence-electron chi connectivity index (χ3n) is 3.65. The van der Waals surface area contributed by atoms with E-state index in [2.05, 4.69) is 14.5 Å². The molecule has 9 nitrogen and oxygen atoms in total. The zero-order chi connectivity index (χ0) is 20.2. The number of aromatic nitrogens is 1. The highest BCUT2D eigenvalue weighted by Crippen LogP contribution is 2.24. The number of sulfonamides is 1. The summed E-state index contributed by atoms with van der Waals surface area (Å²) in [5.74, 6) is -1.26. The number of carbonyl (C=O) groups is 2. The van der Waals surface area contributed by atoms with Gasteiger partial charge in [0.15, 0.2) is 0 Å². The van der Waals surface area contributed by atoms with Gasteiger partial charge in [0.05, 0.1) is 37.4 Å². The summed E-state index contributed by atoms with van der Waals surface area (Å²) in [4.78, 5) is 27.5. The van der Waals surface area contributed by atoms with Crippen LogP contribution < -0.4 is 9.04 Å². The number of rotatable bonds is 6. The first kappa shape index (κ1) is 20.2. The first-order valence-corrected chi connectivity index (χ1v) is 9.00. The summed E-state index contributed by atoms with van der Waals surface area (Å²) in [7, 11) is 0.844. The molecule has 1 aromatic carbocycles. The molecule has 0 N–H and O–H groups in total. The Kier molecular flexibility index (Phi) is 6.01. The van der Waals surface area contributed by atoms with Gasteiger partial charge < -0.3 is 14.2 Å². The average molecular weight is 394 g/mol. The second kappa shape index (κ2) is 8.04. The largest absolute Gasteiger partial charge is 0.481 e. The lowest BCUT2D eigenvalue weighted by Crippen LogP contribution is -2.28. The summed E-state index contributed by atoms with van der Waals surface area (Å²) in [6.07, 6.45) is 0. The minimum atomic E-state index is -4.15. The number of anilines is 1. The molecule has 1 heterocycles. The van der Waals surface area contributed by atoms with Crippen LogP contribution in [0.25, 0.3) is 0 Å². The molecule has 0 atom stereocenters. The number of methoxy groups -OCH3 is 3. The number of hydrogen-bond donors (Lipinski definition) is 0. The molecule has 1 aromatic heterocycles. The molecular formula is C17H18N2O7S. The normalized spacial score (nSPS) is 10.8. The molecule has 0 radical (unpaired) electrons. The first-order chi connectivity index (χ1) is 12.7. The fourth-order valence-electron chi connectivity index (χ4n) is 2.19. The van der Waals surface area contributed by atoms with Crippen molar-refractivity contribution in [1.82, 2.24) is 4.98 Å². The Morgan fingerprint density at radius 3 is 2.00 bits per heavy atom. The van der Waals surface area contributed by atoms with Gasteiger partial charge in [-0.2, -0.15) is 4.98 Å². The van der Waals surface area contributed by atoms with E-state index < -0.39 is 22.0 Å². The zero-order valence-corrected chi connectivity index (χ0v) is 15.9. The van der Waals surface area contributed by atoms with E-state index in [0.29, 0.717) is 0 Å². The van der Waals surface area contributed by atoms with Crippen molar-refractivity contribution in [1.29, 1.82) is 0 Å². The van der Waals surface area contributed by atoms with Crippen molar-refractivity contribution < 1.29 is 32.2 Å². The molecule has 0 fully saturated rings. The van der Waals surface area contributed by atoms with Gasteiger partial charge in [-0.25, -0.2) is 18.0 Å². The van der Waals surface area contributed by atoms with E-state index in [1.807, 2.05) is 0 Å². The molecule has 10 heteroatoms. The van der Waals surface area contributed by atoms with Crippen molar-refractivity contribution in [3.05, 3.63) is 47.5 Å². The summed E-state index contributed by atoms with van der Waals surface area (Å²) in [5, 5.41) is 0. The van der Waals surface area contributed by atoms with Gasteiger partial charge in [0, 0.05) is 13.1 Å². The van der Waals surface area contributed by atoms with E-state index in [0.717, 1.165) is 30.7 Å². The lowest BCUT2D eigenvalue weighted by atomic mass is 10.1. The number of ether oxygens (including phenoxy) is 3. The predicted octanol–water partition coefficient (Wildman–Crippen LogP) is 1.49. The predicted molar refractivity (Wildman–Crippen MR) is 95.5 cm³/mol. The van der Waals surface area contributed by atoms with Crippen LogP contribution in [0, 0.1) is 0 Å². The third-order valence-corrected chi connectivity index (χ3v) is 5.39. The van der Waals surface area contributed by atoms with Gasteiger partial charge in [-0.15, -0.1) is 0 Å². The fraction of sp³-hybridized carbons (Fsp3) is 0.235. The maximum Gasteiger partial charge on any atom is 0.337 e. The van der Waals surface area contributed by atoms with Crippen LogP contribution in [0.4, 0.5) is 5.82 Å². The highest BCUT2D eigenvalue weighted by Gasteiger charge is 2.26. The molecule has 0 unspecified atom stereocenters. The van der Waals surface area contributed by atoms with Crippen molar-refractivity contribution in [3.63, 3.8) is 0 Å². The standard InChI is InChI=1S/C17H18N2O7S/c1-19(14-6-5-7-15(18-14)24-2)27(22,23)13-9-11(16(20)25-3)8-12(10-13)17(21)26-4/h5-10H,1-4H3. The Bertz CT molecular complexity index is 939. The van der Waals surface area contributed by atoms with Crippen LogP contribution >= 0.6 is 0 Å². The molecule has 0 bridgehead atoms. The summed E-state index contributed by atoms with van der Waals surface area (Å²) in [5.41, 5.74) is -0.211. The number of benzene rings is 1. The van der Waals surface area contributed by atoms with Gasteiger partial charge in [0.1, 0.15) is 5.82 Å². The van der Waals surface area contributed by atoms with Crippen LogP contribution in [-0.4, -0.2) is 53.7 Å². The Morgan fingerprint density at radius 1 is 0.963 bits per heavy atom.